The predicted octanol–water partition coefficient (Wildman–Crippen LogP) is 0.843. The summed E-state index contributed by atoms with van der Waals surface area (Å²) in [5.41, 5.74) is 1.21. The van der Waals surface area contributed by atoms with E-state index in [4.69, 9.17) is 0 Å². The minimum atomic E-state index is -0.196. The number of hydrogen-bond acceptors (Lipinski definition) is 5. The summed E-state index contributed by atoms with van der Waals surface area (Å²) in [6.07, 6.45) is 3.22. The summed E-state index contributed by atoms with van der Waals surface area (Å²) in [5.74, 6) is 0.354. The number of pyridine rings is 1. The summed E-state index contributed by atoms with van der Waals surface area (Å²) in [7, 11) is 1.72. The van der Waals surface area contributed by atoms with Crippen LogP contribution in [-0.4, -0.2) is 28.1 Å². The van der Waals surface area contributed by atoms with Crippen LogP contribution in [0.5, 0.6) is 0 Å². The van der Waals surface area contributed by atoms with E-state index < -0.39 is 0 Å². The molecule has 1 amide bonds. The molecule has 0 aliphatic heterocycles. The molecule has 2 rings (SSSR count). The van der Waals surface area contributed by atoms with Gasteiger partial charge in [-0.15, -0.1) is 0 Å². The monoisotopic (exact) mass is 243 g/mol. The van der Waals surface area contributed by atoms with Gasteiger partial charge < -0.3 is 10.6 Å². The van der Waals surface area contributed by atoms with E-state index in [1.54, 1.807) is 43.7 Å². The molecule has 2 N–H and O–H groups in total. The quantitative estimate of drug-likeness (QED) is 0.832. The SMILES string of the molecule is CNc1ncccc1C(=O)NCc1cccnn1. The second kappa shape index (κ2) is 5.72. The Hall–Kier alpha value is -2.50. The lowest BCUT2D eigenvalue weighted by Gasteiger charge is -2.07. The van der Waals surface area contributed by atoms with Gasteiger partial charge in [0.25, 0.3) is 5.91 Å². The van der Waals surface area contributed by atoms with Crippen LogP contribution in [0.3, 0.4) is 0 Å². The van der Waals surface area contributed by atoms with Crippen molar-refractivity contribution in [1.82, 2.24) is 20.5 Å². The van der Waals surface area contributed by atoms with E-state index in [-0.39, 0.29) is 5.91 Å². The summed E-state index contributed by atoms with van der Waals surface area (Å²) in [6, 6.07) is 7.01. The van der Waals surface area contributed by atoms with E-state index >= 15 is 0 Å². The van der Waals surface area contributed by atoms with Gasteiger partial charge in [-0.2, -0.15) is 10.2 Å². The first-order chi connectivity index (χ1) is 8.81. The van der Waals surface area contributed by atoms with Crippen LogP contribution in [0.25, 0.3) is 0 Å². The Balaban J connectivity index is 2.04. The maximum Gasteiger partial charge on any atom is 0.255 e. The van der Waals surface area contributed by atoms with Gasteiger partial charge in [-0.05, 0) is 24.3 Å². The number of anilines is 1. The average Bonchev–Trinajstić information content (AvgIpc) is 2.45. The number of nitrogens with one attached hydrogen (secondary N) is 2. The van der Waals surface area contributed by atoms with Gasteiger partial charge >= 0.3 is 0 Å². The topological polar surface area (TPSA) is 79.8 Å². The number of rotatable bonds is 4. The Bertz CT molecular complexity index is 529. The molecule has 0 spiro atoms. The molecule has 6 heteroatoms. The highest BCUT2D eigenvalue weighted by atomic mass is 16.1. The summed E-state index contributed by atoms with van der Waals surface area (Å²) < 4.78 is 0. The van der Waals surface area contributed by atoms with Crippen molar-refractivity contribution in [2.24, 2.45) is 0 Å². The number of hydrogen-bond donors (Lipinski definition) is 2. The van der Waals surface area contributed by atoms with Crippen molar-refractivity contribution in [1.29, 1.82) is 0 Å². The predicted molar refractivity (Wildman–Crippen MR) is 67.0 cm³/mol. The molecule has 0 bridgehead atoms. The summed E-state index contributed by atoms with van der Waals surface area (Å²) >= 11 is 0. The third-order valence-electron chi connectivity index (χ3n) is 2.35. The Kier molecular flexibility index (Phi) is 3.80. The highest BCUT2D eigenvalue weighted by Crippen LogP contribution is 2.10. The number of amides is 1. The first-order valence-electron chi connectivity index (χ1n) is 5.49. The molecular weight excluding hydrogens is 230 g/mol. The third kappa shape index (κ3) is 2.79. The van der Waals surface area contributed by atoms with Gasteiger partial charge in [0.1, 0.15) is 5.82 Å². The van der Waals surface area contributed by atoms with Crippen molar-refractivity contribution >= 4 is 11.7 Å². The molecule has 18 heavy (non-hydrogen) atoms. The van der Waals surface area contributed by atoms with E-state index in [0.717, 1.165) is 0 Å². The lowest BCUT2D eigenvalue weighted by molar-refractivity contribution is 0.0951. The number of carbonyl (C=O) groups excluding carboxylic acids is 1. The van der Waals surface area contributed by atoms with Crippen molar-refractivity contribution in [2.45, 2.75) is 6.54 Å². The highest BCUT2D eigenvalue weighted by Gasteiger charge is 2.10. The maximum atomic E-state index is 12.0. The molecule has 0 saturated carbocycles. The average molecular weight is 243 g/mol. The van der Waals surface area contributed by atoms with Crippen LogP contribution in [0.2, 0.25) is 0 Å². The fourth-order valence-electron chi connectivity index (χ4n) is 1.48. The third-order valence-corrected chi connectivity index (χ3v) is 2.35. The van der Waals surface area contributed by atoms with Crippen LogP contribution in [0, 0.1) is 0 Å². The van der Waals surface area contributed by atoms with Crippen LogP contribution in [0.1, 0.15) is 16.1 Å². The summed E-state index contributed by atoms with van der Waals surface area (Å²) in [6.45, 7) is 0.338. The van der Waals surface area contributed by atoms with E-state index in [0.29, 0.717) is 23.6 Å². The van der Waals surface area contributed by atoms with E-state index in [2.05, 4.69) is 25.8 Å². The maximum absolute atomic E-state index is 12.0. The Morgan fingerprint density at radius 2 is 2.11 bits per heavy atom. The number of carbonyl (C=O) groups is 1. The molecule has 6 nitrogen and oxygen atoms in total. The first-order valence-corrected chi connectivity index (χ1v) is 5.49. The zero-order valence-electron chi connectivity index (χ0n) is 9.92. The molecule has 0 radical (unpaired) electrons. The number of nitrogens with zero attached hydrogens (tertiary/aromatic N) is 3. The van der Waals surface area contributed by atoms with Crippen LogP contribution in [-0.2, 0) is 6.54 Å². The fourth-order valence-corrected chi connectivity index (χ4v) is 1.48. The molecule has 0 saturated heterocycles. The van der Waals surface area contributed by atoms with Crippen LogP contribution in [0.4, 0.5) is 5.82 Å². The van der Waals surface area contributed by atoms with Crippen molar-refractivity contribution in [3.63, 3.8) is 0 Å². The van der Waals surface area contributed by atoms with Crippen molar-refractivity contribution in [3.05, 3.63) is 47.9 Å². The minimum Gasteiger partial charge on any atom is -0.372 e. The molecule has 92 valence electrons. The van der Waals surface area contributed by atoms with Gasteiger partial charge in [0.05, 0.1) is 17.8 Å². The largest absolute Gasteiger partial charge is 0.372 e. The van der Waals surface area contributed by atoms with Crippen molar-refractivity contribution < 1.29 is 4.79 Å². The Labute approximate surface area is 104 Å². The summed E-state index contributed by atoms with van der Waals surface area (Å²) in [5, 5.41) is 13.3. The molecule has 2 aromatic rings. The normalized spacial score (nSPS) is 9.83. The van der Waals surface area contributed by atoms with Gasteiger partial charge in [0, 0.05) is 19.4 Å². The van der Waals surface area contributed by atoms with Crippen LogP contribution < -0.4 is 10.6 Å². The second-order valence-electron chi connectivity index (χ2n) is 3.55. The van der Waals surface area contributed by atoms with Crippen LogP contribution >= 0.6 is 0 Å². The molecule has 0 aliphatic rings. The standard InChI is InChI=1S/C12H13N5O/c1-13-11-10(5-3-6-14-11)12(18)15-8-9-4-2-7-16-17-9/h2-7H,8H2,1H3,(H,13,14)(H,15,18). The van der Waals surface area contributed by atoms with Gasteiger partial charge in [-0.25, -0.2) is 4.98 Å². The lowest BCUT2D eigenvalue weighted by Crippen LogP contribution is -2.24. The van der Waals surface area contributed by atoms with Crippen LogP contribution in [0.15, 0.2) is 36.7 Å². The molecule has 2 aromatic heterocycles. The van der Waals surface area contributed by atoms with Gasteiger partial charge in [-0.1, -0.05) is 0 Å². The van der Waals surface area contributed by atoms with E-state index in [1.165, 1.54) is 0 Å². The number of aromatic nitrogens is 3. The molecular formula is C12H13N5O. The molecule has 0 aliphatic carbocycles. The van der Waals surface area contributed by atoms with Crippen molar-refractivity contribution in [3.8, 4) is 0 Å². The zero-order valence-corrected chi connectivity index (χ0v) is 9.92. The molecule has 2 heterocycles. The van der Waals surface area contributed by atoms with Gasteiger partial charge in [0.2, 0.25) is 0 Å². The van der Waals surface area contributed by atoms with Crippen molar-refractivity contribution in [2.75, 3.05) is 12.4 Å². The fraction of sp³-hybridized carbons (Fsp3) is 0.167. The lowest BCUT2D eigenvalue weighted by atomic mass is 10.2. The molecule has 0 aromatic carbocycles. The van der Waals surface area contributed by atoms with E-state index in [9.17, 15) is 4.79 Å². The second-order valence-corrected chi connectivity index (χ2v) is 3.55. The first kappa shape index (κ1) is 12.0. The molecule has 0 unspecified atom stereocenters. The Morgan fingerprint density at radius 1 is 1.28 bits per heavy atom. The van der Waals surface area contributed by atoms with Gasteiger partial charge in [0.15, 0.2) is 0 Å². The highest BCUT2D eigenvalue weighted by molar-refractivity contribution is 5.98. The smallest absolute Gasteiger partial charge is 0.255 e. The van der Waals surface area contributed by atoms with Gasteiger partial charge in [-0.3, -0.25) is 4.79 Å². The van der Waals surface area contributed by atoms with E-state index in [1.807, 2.05) is 0 Å². The minimum absolute atomic E-state index is 0.196. The Morgan fingerprint density at radius 3 is 2.83 bits per heavy atom. The molecule has 0 atom stereocenters. The summed E-state index contributed by atoms with van der Waals surface area (Å²) in [4.78, 5) is 16.0. The zero-order chi connectivity index (χ0) is 12.8. The molecule has 0 fully saturated rings.